The van der Waals surface area contributed by atoms with Gasteiger partial charge in [-0.25, -0.2) is 0 Å². The van der Waals surface area contributed by atoms with Gasteiger partial charge in [0.05, 0.1) is 0 Å². The number of piperidine rings is 1. The van der Waals surface area contributed by atoms with Gasteiger partial charge in [-0.3, -0.25) is 0 Å². The molecule has 2 heteroatoms. The first-order valence-corrected chi connectivity index (χ1v) is 6.34. The van der Waals surface area contributed by atoms with Crippen molar-refractivity contribution in [2.45, 2.75) is 39.2 Å². The van der Waals surface area contributed by atoms with Crippen LogP contribution in [-0.4, -0.2) is 37.1 Å². The van der Waals surface area contributed by atoms with Crippen molar-refractivity contribution < 1.29 is 0 Å². The quantitative estimate of drug-likeness (QED) is 0.677. The van der Waals surface area contributed by atoms with Crippen molar-refractivity contribution in [3.05, 3.63) is 12.7 Å². The van der Waals surface area contributed by atoms with E-state index < -0.39 is 0 Å². The zero-order chi connectivity index (χ0) is 11.1. The summed E-state index contributed by atoms with van der Waals surface area (Å²) in [6.07, 6.45) is 5.97. The predicted octanol–water partition coefficient (Wildman–Crippen LogP) is 2.27. The Hall–Kier alpha value is -0.340. The SMILES string of the molecule is C=CCNC(C)C1CCCN(CCC)C1. The molecule has 0 saturated carbocycles. The molecule has 0 spiro atoms. The van der Waals surface area contributed by atoms with Gasteiger partial charge in [-0.2, -0.15) is 0 Å². The molecule has 0 aromatic carbocycles. The molecule has 2 atom stereocenters. The van der Waals surface area contributed by atoms with E-state index in [1.807, 2.05) is 6.08 Å². The van der Waals surface area contributed by atoms with E-state index in [9.17, 15) is 0 Å². The number of nitrogens with one attached hydrogen (secondary N) is 1. The lowest BCUT2D eigenvalue weighted by Crippen LogP contribution is -2.44. The largest absolute Gasteiger partial charge is 0.310 e. The van der Waals surface area contributed by atoms with Crippen LogP contribution in [0.1, 0.15) is 33.1 Å². The van der Waals surface area contributed by atoms with Crippen LogP contribution in [0, 0.1) is 5.92 Å². The van der Waals surface area contributed by atoms with Gasteiger partial charge in [0, 0.05) is 19.1 Å². The highest BCUT2D eigenvalue weighted by Crippen LogP contribution is 2.19. The molecule has 15 heavy (non-hydrogen) atoms. The van der Waals surface area contributed by atoms with Crippen molar-refractivity contribution in [2.24, 2.45) is 5.92 Å². The number of hydrogen-bond acceptors (Lipinski definition) is 2. The second kappa shape index (κ2) is 7.02. The zero-order valence-corrected chi connectivity index (χ0v) is 10.3. The fourth-order valence-electron chi connectivity index (χ4n) is 2.45. The molecule has 0 aromatic rings. The average Bonchev–Trinajstić information content (AvgIpc) is 2.27. The normalized spacial score (nSPS) is 25.1. The molecular weight excluding hydrogens is 184 g/mol. The first-order valence-electron chi connectivity index (χ1n) is 6.34. The Morgan fingerprint density at radius 2 is 2.40 bits per heavy atom. The smallest absolute Gasteiger partial charge is 0.0134 e. The van der Waals surface area contributed by atoms with Crippen LogP contribution in [0.4, 0.5) is 0 Å². The summed E-state index contributed by atoms with van der Waals surface area (Å²) in [7, 11) is 0. The molecule has 1 heterocycles. The van der Waals surface area contributed by atoms with E-state index in [4.69, 9.17) is 0 Å². The third-order valence-electron chi connectivity index (χ3n) is 3.37. The number of likely N-dealkylation sites (tertiary alicyclic amines) is 1. The van der Waals surface area contributed by atoms with Gasteiger partial charge in [0.2, 0.25) is 0 Å². The molecular formula is C13H26N2. The highest BCUT2D eigenvalue weighted by molar-refractivity contribution is 4.82. The van der Waals surface area contributed by atoms with Crippen molar-refractivity contribution in [3.63, 3.8) is 0 Å². The Morgan fingerprint density at radius 1 is 1.60 bits per heavy atom. The van der Waals surface area contributed by atoms with Crippen LogP contribution in [0.15, 0.2) is 12.7 Å². The third-order valence-corrected chi connectivity index (χ3v) is 3.37. The lowest BCUT2D eigenvalue weighted by molar-refractivity contribution is 0.152. The monoisotopic (exact) mass is 210 g/mol. The molecule has 2 unspecified atom stereocenters. The molecule has 1 rings (SSSR count). The third kappa shape index (κ3) is 4.35. The number of nitrogens with zero attached hydrogens (tertiary/aromatic N) is 1. The minimum atomic E-state index is 0.627. The maximum atomic E-state index is 3.75. The molecule has 1 aliphatic rings. The van der Waals surface area contributed by atoms with Crippen LogP contribution < -0.4 is 5.32 Å². The Morgan fingerprint density at radius 3 is 3.07 bits per heavy atom. The summed E-state index contributed by atoms with van der Waals surface area (Å²) < 4.78 is 0. The highest BCUT2D eigenvalue weighted by Gasteiger charge is 2.23. The van der Waals surface area contributed by atoms with Crippen LogP contribution in [0.5, 0.6) is 0 Å². The van der Waals surface area contributed by atoms with Crippen molar-refractivity contribution in [1.29, 1.82) is 0 Å². The fourth-order valence-corrected chi connectivity index (χ4v) is 2.45. The molecule has 0 aliphatic carbocycles. The minimum absolute atomic E-state index is 0.627. The van der Waals surface area contributed by atoms with Crippen molar-refractivity contribution in [3.8, 4) is 0 Å². The highest BCUT2D eigenvalue weighted by atomic mass is 15.1. The molecule has 0 amide bonds. The van der Waals surface area contributed by atoms with E-state index in [1.165, 1.54) is 38.9 Å². The summed E-state index contributed by atoms with van der Waals surface area (Å²) in [6.45, 7) is 13.1. The van der Waals surface area contributed by atoms with Gasteiger partial charge in [0.15, 0.2) is 0 Å². The van der Waals surface area contributed by atoms with Crippen LogP contribution in [0.2, 0.25) is 0 Å². The van der Waals surface area contributed by atoms with Crippen LogP contribution in [-0.2, 0) is 0 Å². The van der Waals surface area contributed by atoms with Crippen LogP contribution in [0.3, 0.4) is 0 Å². The first-order chi connectivity index (χ1) is 7.27. The van der Waals surface area contributed by atoms with Gasteiger partial charge in [0.25, 0.3) is 0 Å². The van der Waals surface area contributed by atoms with E-state index in [0.29, 0.717) is 6.04 Å². The zero-order valence-electron chi connectivity index (χ0n) is 10.3. The van der Waals surface area contributed by atoms with Crippen molar-refractivity contribution in [2.75, 3.05) is 26.2 Å². The van der Waals surface area contributed by atoms with E-state index in [1.54, 1.807) is 0 Å². The Bertz CT molecular complexity index is 177. The lowest BCUT2D eigenvalue weighted by Gasteiger charge is -2.35. The van der Waals surface area contributed by atoms with E-state index in [2.05, 4.69) is 30.6 Å². The summed E-state index contributed by atoms with van der Waals surface area (Å²) in [5.41, 5.74) is 0. The summed E-state index contributed by atoms with van der Waals surface area (Å²) in [6, 6.07) is 0.627. The summed E-state index contributed by atoms with van der Waals surface area (Å²) in [5, 5.41) is 3.52. The molecule has 0 bridgehead atoms. The first kappa shape index (κ1) is 12.7. The second-order valence-electron chi connectivity index (χ2n) is 4.69. The minimum Gasteiger partial charge on any atom is -0.310 e. The van der Waals surface area contributed by atoms with Gasteiger partial charge in [-0.1, -0.05) is 13.0 Å². The van der Waals surface area contributed by atoms with Crippen molar-refractivity contribution >= 4 is 0 Å². The van der Waals surface area contributed by atoms with Gasteiger partial charge >= 0.3 is 0 Å². The van der Waals surface area contributed by atoms with Crippen molar-refractivity contribution in [1.82, 2.24) is 10.2 Å². The Kier molecular flexibility index (Phi) is 5.96. The van der Waals surface area contributed by atoms with Gasteiger partial charge in [-0.05, 0) is 45.2 Å². The molecule has 1 aliphatic heterocycles. The van der Waals surface area contributed by atoms with E-state index >= 15 is 0 Å². The molecule has 0 aromatic heterocycles. The molecule has 2 nitrogen and oxygen atoms in total. The van der Waals surface area contributed by atoms with Gasteiger partial charge in [0.1, 0.15) is 0 Å². The predicted molar refractivity (Wildman–Crippen MR) is 67.1 cm³/mol. The van der Waals surface area contributed by atoms with Crippen LogP contribution >= 0.6 is 0 Å². The van der Waals surface area contributed by atoms with E-state index in [-0.39, 0.29) is 0 Å². The lowest BCUT2D eigenvalue weighted by atomic mass is 9.91. The molecule has 1 fully saturated rings. The topological polar surface area (TPSA) is 15.3 Å². The molecule has 1 N–H and O–H groups in total. The summed E-state index contributed by atoms with van der Waals surface area (Å²) in [4.78, 5) is 2.61. The maximum absolute atomic E-state index is 3.75. The second-order valence-corrected chi connectivity index (χ2v) is 4.69. The van der Waals surface area contributed by atoms with Gasteiger partial charge in [-0.15, -0.1) is 6.58 Å². The number of rotatable bonds is 6. The standard InChI is InChI=1S/C13H26N2/c1-4-8-14-12(3)13-7-6-10-15(11-13)9-5-2/h4,12-14H,1,5-11H2,2-3H3. The summed E-state index contributed by atoms with van der Waals surface area (Å²) >= 11 is 0. The molecule has 0 radical (unpaired) electrons. The van der Waals surface area contributed by atoms with Gasteiger partial charge < -0.3 is 10.2 Å². The fraction of sp³-hybridized carbons (Fsp3) is 0.846. The Labute approximate surface area is 94.7 Å². The van der Waals surface area contributed by atoms with E-state index in [0.717, 1.165) is 12.5 Å². The average molecular weight is 210 g/mol. The molecule has 88 valence electrons. The van der Waals surface area contributed by atoms with Crippen LogP contribution in [0.25, 0.3) is 0 Å². The maximum Gasteiger partial charge on any atom is 0.0134 e. The summed E-state index contributed by atoms with van der Waals surface area (Å²) in [5.74, 6) is 0.824. The molecule has 1 saturated heterocycles. The number of hydrogen-bond donors (Lipinski definition) is 1. The Balaban J connectivity index is 2.30.